The van der Waals surface area contributed by atoms with Gasteiger partial charge in [-0.3, -0.25) is 4.79 Å². The Morgan fingerprint density at radius 1 is 1.08 bits per heavy atom. The zero-order valence-corrected chi connectivity index (χ0v) is 14.1. The molecule has 0 radical (unpaired) electrons. The molecule has 0 atom stereocenters. The molecule has 1 aliphatic rings. The molecule has 1 aromatic heterocycles. The van der Waals surface area contributed by atoms with Crippen LogP contribution in [0.3, 0.4) is 0 Å². The topological polar surface area (TPSA) is 78.9 Å². The first-order valence-electron chi connectivity index (χ1n) is 8.35. The molecule has 126 valence electrons. The molecule has 1 saturated carbocycles. The molecule has 0 bridgehead atoms. The Morgan fingerprint density at radius 2 is 1.75 bits per heavy atom. The predicted molar refractivity (Wildman–Crippen MR) is 96.7 cm³/mol. The highest BCUT2D eigenvalue weighted by atomic mass is 16.1. The summed E-state index contributed by atoms with van der Waals surface area (Å²) in [5.74, 6) is 1.36. The quantitative estimate of drug-likeness (QED) is 0.778. The van der Waals surface area contributed by atoms with Gasteiger partial charge in [0.1, 0.15) is 5.82 Å². The zero-order chi connectivity index (χ0) is 16.9. The Hall–Kier alpha value is -2.63. The summed E-state index contributed by atoms with van der Waals surface area (Å²) in [4.78, 5) is 20.1. The molecule has 0 aliphatic heterocycles. The van der Waals surface area contributed by atoms with Crippen LogP contribution in [0.5, 0.6) is 0 Å². The molecule has 0 saturated heterocycles. The van der Waals surface area contributed by atoms with E-state index in [1.165, 1.54) is 32.6 Å². The van der Waals surface area contributed by atoms with Crippen LogP contribution in [0.15, 0.2) is 30.3 Å². The van der Waals surface area contributed by atoms with E-state index in [2.05, 4.69) is 25.9 Å². The summed E-state index contributed by atoms with van der Waals surface area (Å²) >= 11 is 0. The van der Waals surface area contributed by atoms with Crippen LogP contribution in [0, 0.1) is 6.92 Å². The number of nitrogens with zero attached hydrogens (tertiary/aromatic N) is 2. The summed E-state index contributed by atoms with van der Waals surface area (Å²) in [6.45, 7) is 3.46. The number of rotatable bonds is 5. The SMILES string of the molecule is CC(=O)Nc1ccc(Nc2cc(C)nc(NC3CCCC3)n2)cc1. The molecule has 2 aromatic rings. The van der Waals surface area contributed by atoms with Crippen LogP contribution in [0.2, 0.25) is 0 Å². The van der Waals surface area contributed by atoms with E-state index in [1.54, 1.807) is 0 Å². The summed E-state index contributed by atoms with van der Waals surface area (Å²) in [5, 5.41) is 9.47. The van der Waals surface area contributed by atoms with Crippen molar-refractivity contribution in [2.75, 3.05) is 16.0 Å². The molecule has 0 spiro atoms. The third-order valence-electron chi connectivity index (χ3n) is 4.02. The average molecular weight is 325 g/mol. The van der Waals surface area contributed by atoms with Crippen LogP contribution < -0.4 is 16.0 Å². The molecule has 1 fully saturated rings. The number of benzene rings is 1. The Balaban J connectivity index is 1.69. The Kier molecular flexibility index (Phi) is 4.93. The molecule has 3 N–H and O–H groups in total. The molecule has 1 heterocycles. The van der Waals surface area contributed by atoms with E-state index in [4.69, 9.17) is 0 Å². The molecule has 6 nitrogen and oxygen atoms in total. The van der Waals surface area contributed by atoms with Crippen molar-refractivity contribution in [1.29, 1.82) is 0 Å². The van der Waals surface area contributed by atoms with Gasteiger partial charge in [-0.05, 0) is 44.0 Å². The first-order chi connectivity index (χ1) is 11.6. The van der Waals surface area contributed by atoms with Crippen LogP contribution >= 0.6 is 0 Å². The number of carbonyl (C=O) groups excluding carboxylic acids is 1. The van der Waals surface area contributed by atoms with Crippen LogP contribution in [0.1, 0.15) is 38.3 Å². The zero-order valence-electron chi connectivity index (χ0n) is 14.1. The minimum atomic E-state index is -0.0789. The number of anilines is 4. The highest BCUT2D eigenvalue weighted by molar-refractivity contribution is 5.88. The Bertz CT molecular complexity index is 708. The number of amides is 1. The van der Waals surface area contributed by atoms with Crippen molar-refractivity contribution in [3.8, 4) is 0 Å². The lowest BCUT2D eigenvalue weighted by Crippen LogP contribution is -2.17. The van der Waals surface area contributed by atoms with Gasteiger partial charge in [-0.15, -0.1) is 0 Å². The second kappa shape index (κ2) is 7.29. The maximum atomic E-state index is 11.1. The maximum absolute atomic E-state index is 11.1. The van der Waals surface area contributed by atoms with Gasteiger partial charge in [0.05, 0.1) is 0 Å². The van der Waals surface area contributed by atoms with Gasteiger partial charge in [0.25, 0.3) is 0 Å². The molecular formula is C18H23N5O. The van der Waals surface area contributed by atoms with E-state index in [1.807, 2.05) is 37.3 Å². The van der Waals surface area contributed by atoms with Crippen LogP contribution in [0.25, 0.3) is 0 Å². The van der Waals surface area contributed by atoms with Gasteiger partial charge in [-0.2, -0.15) is 4.98 Å². The van der Waals surface area contributed by atoms with Crippen molar-refractivity contribution < 1.29 is 4.79 Å². The van der Waals surface area contributed by atoms with Crippen molar-refractivity contribution in [2.45, 2.75) is 45.6 Å². The summed E-state index contributed by atoms with van der Waals surface area (Å²) in [6, 6.07) is 9.93. The first kappa shape index (κ1) is 16.2. The van der Waals surface area contributed by atoms with E-state index in [9.17, 15) is 4.79 Å². The number of hydrogen-bond donors (Lipinski definition) is 3. The molecule has 24 heavy (non-hydrogen) atoms. The van der Waals surface area contributed by atoms with Gasteiger partial charge in [0.2, 0.25) is 11.9 Å². The highest BCUT2D eigenvalue weighted by Crippen LogP contribution is 2.23. The van der Waals surface area contributed by atoms with Gasteiger partial charge < -0.3 is 16.0 Å². The smallest absolute Gasteiger partial charge is 0.225 e. The Labute approximate surface area is 142 Å². The van der Waals surface area contributed by atoms with E-state index < -0.39 is 0 Å². The molecule has 1 aromatic carbocycles. The van der Waals surface area contributed by atoms with Crippen molar-refractivity contribution in [3.63, 3.8) is 0 Å². The fraction of sp³-hybridized carbons (Fsp3) is 0.389. The van der Waals surface area contributed by atoms with Crippen molar-refractivity contribution >= 4 is 29.0 Å². The van der Waals surface area contributed by atoms with Gasteiger partial charge in [-0.25, -0.2) is 4.98 Å². The lowest BCUT2D eigenvalue weighted by Gasteiger charge is -2.14. The lowest BCUT2D eigenvalue weighted by molar-refractivity contribution is -0.114. The number of hydrogen-bond acceptors (Lipinski definition) is 5. The van der Waals surface area contributed by atoms with E-state index in [-0.39, 0.29) is 5.91 Å². The normalized spacial score (nSPS) is 14.4. The summed E-state index contributed by atoms with van der Waals surface area (Å²) < 4.78 is 0. The monoisotopic (exact) mass is 325 g/mol. The van der Waals surface area contributed by atoms with Gasteiger partial charge >= 0.3 is 0 Å². The first-order valence-corrected chi connectivity index (χ1v) is 8.35. The molecule has 1 amide bonds. The minimum Gasteiger partial charge on any atom is -0.351 e. The highest BCUT2D eigenvalue weighted by Gasteiger charge is 2.16. The summed E-state index contributed by atoms with van der Waals surface area (Å²) in [5.41, 5.74) is 2.60. The maximum Gasteiger partial charge on any atom is 0.225 e. The summed E-state index contributed by atoms with van der Waals surface area (Å²) in [7, 11) is 0. The standard InChI is InChI=1S/C18H23N5O/c1-12-11-17(23-18(19-12)22-14-5-3-4-6-14)21-16-9-7-15(8-10-16)20-13(2)24/h7-11,14H,3-6H2,1-2H3,(H,20,24)(H2,19,21,22,23). The molecular weight excluding hydrogens is 302 g/mol. The van der Waals surface area contributed by atoms with Crippen LogP contribution in [0.4, 0.5) is 23.1 Å². The minimum absolute atomic E-state index is 0.0789. The van der Waals surface area contributed by atoms with Crippen LogP contribution in [-0.2, 0) is 4.79 Å². The predicted octanol–water partition coefficient (Wildman–Crippen LogP) is 3.84. The van der Waals surface area contributed by atoms with Crippen molar-refractivity contribution in [1.82, 2.24) is 9.97 Å². The molecule has 3 rings (SSSR count). The van der Waals surface area contributed by atoms with Crippen molar-refractivity contribution in [3.05, 3.63) is 36.0 Å². The third-order valence-corrected chi connectivity index (χ3v) is 4.02. The van der Waals surface area contributed by atoms with Crippen molar-refractivity contribution in [2.24, 2.45) is 0 Å². The second-order valence-electron chi connectivity index (χ2n) is 6.23. The Morgan fingerprint density at radius 3 is 2.42 bits per heavy atom. The number of aromatic nitrogens is 2. The largest absolute Gasteiger partial charge is 0.351 e. The van der Waals surface area contributed by atoms with E-state index in [0.717, 1.165) is 22.9 Å². The van der Waals surface area contributed by atoms with E-state index >= 15 is 0 Å². The number of carbonyl (C=O) groups is 1. The molecule has 1 aliphatic carbocycles. The molecule has 6 heteroatoms. The lowest BCUT2D eigenvalue weighted by atomic mass is 10.2. The number of aryl methyl sites for hydroxylation is 1. The van der Waals surface area contributed by atoms with Gasteiger partial charge in [0, 0.05) is 36.1 Å². The fourth-order valence-electron chi connectivity index (χ4n) is 2.94. The van der Waals surface area contributed by atoms with E-state index in [0.29, 0.717) is 12.0 Å². The number of nitrogens with one attached hydrogen (secondary N) is 3. The second-order valence-corrected chi connectivity index (χ2v) is 6.23. The third kappa shape index (κ3) is 4.44. The van der Waals surface area contributed by atoms with Gasteiger partial charge in [-0.1, -0.05) is 12.8 Å². The van der Waals surface area contributed by atoms with Gasteiger partial charge in [0.15, 0.2) is 0 Å². The summed E-state index contributed by atoms with van der Waals surface area (Å²) in [6.07, 6.45) is 4.92. The molecule has 0 unspecified atom stereocenters. The fourth-order valence-corrected chi connectivity index (χ4v) is 2.94. The van der Waals surface area contributed by atoms with Crippen LogP contribution in [-0.4, -0.2) is 21.9 Å². The average Bonchev–Trinajstić information content (AvgIpc) is 3.01.